The van der Waals surface area contributed by atoms with Crippen molar-refractivity contribution >= 4 is 11.6 Å². The number of imidazole rings is 1. The first-order chi connectivity index (χ1) is 16.0. The molecule has 0 unspecified atom stereocenters. The van der Waals surface area contributed by atoms with Gasteiger partial charge in [0.05, 0.1) is 17.6 Å². The molecule has 7 nitrogen and oxygen atoms in total. The van der Waals surface area contributed by atoms with Crippen LogP contribution in [-0.4, -0.2) is 61.5 Å². The second kappa shape index (κ2) is 9.23. The highest BCUT2D eigenvalue weighted by molar-refractivity contribution is 5.59. The van der Waals surface area contributed by atoms with E-state index in [1.54, 1.807) is 6.20 Å². The molecule has 2 aliphatic rings. The van der Waals surface area contributed by atoms with E-state index in [-0.39, 0.29) is 0 Å². The summed E-state index contributed by atoms with van der Waals surface area (Å²) in [7, 11) is 2.31. The van der Waals surface area contributed by atoms with Gasteiger partial charge in [0.15, 0.2) is 0 Å². The first kappa shape index (κ1) is 22.0. The minimum atomic E-state index is 0.321. The van der Waals surface area contributed by atoms with Gasteiger partial charge in [-0.2, -0.15) is 0 Å². The molecule has 7 heteroatoms. The number of hydrogen-bond donors (Lipinski definition) is 1. The van der Waals surface area contributed by atoms with Crippen LogP contribution in [0.1, 0.15) is 50.5 Å². The summed E-state index contributed by atoms with van der Waals surface area (Å²) in [6, 6.07) is 12.5. The second-order valence-electron chi connectivity index (χ2n) is 9.82. The van der Waals surface area contributed by atoms with Crippen molar-refractivity contribution < 1.29 is 0 Å². The maximum absolute atomic E-state index is 4.75. The molecule has 3 aromatic rings. The Morgan fingerprint density at radius 3 is 2.58 bits per heavy atom. The average Bonchev–Trinajstić information content (AvgIpc) is 3.43. The number of aryl methyl sites for hydroxylation is 1. The normalized spacial score (nSPS) is 19.0. The van der Waals surface area contributed by atoms with Gasteiger partial charge in [-0.05, 0) is 70.8 Å². The summed E-state index contributed by atoms with van der Waals surface area (Å²) in [5.41, 5.74) is 4.23. The maximum Gasteiger partial charge on any atom is 0.227 e. The van der Waals surface area contributed by atoms with Gasteiger partial charge in [0.25, 0.3) is 0 Å². The third-order valence-corrected chi connectivity index (χ3v) is 6.98. The van der Waals surface area contributed by atoms with Crippen LogP contribution in [0.4, 0.5) is 11.6 Å². The lowest BCUT2D eigenvalue weighted by Gasteiger charge is -2.24. The number of nitrogens with zero attached hydrogens (tertiary/aromatic N) is 6. The van der Waals surface area contributed by atoms with Crippen LogP contribution >= 0.6 is 0 Å². The Balaban J connectivity index is 1.22. The van der Waals surface area contributed by atoms with E-state index < -0.39 is 0 Å². The topological polar surface area (TPSA) is 62.1 Å². The quantitative estimate of drug-likeness (QED) is 0.545. The Morgan fingerprint density at radius 2 is 1.85 bits per heavy atom. The third kappa shape index (κ3) is 4.94. The predicted molar refractivity (Wildman–Crippen MR) is 133 cm³/mol. The molecule has 1 saturated heterocycles. The largest absolute Gasteiger partial charge is 0.324 e. The molecular weight excluding hydrogens is 410 g/mol. The van der Waals surface area contributed by atoms with Gasteiger partial charge in [-0.3, -0.25) is 9.80 Å². The van der Waals surface area contributed by atoms with Crippen molar-refractivity contribution in [3.05, 3.63) is 54.1 Å². The van der Waals surface area contributed by atoms with Crippen LogP contribution in [0, 0.1) is 6.92 Å². The molecule has 1 aliphatic carbocycles. The van der Waals surface area contributed by atoms with Gasteiger partial charge in [-0.25, -0.2) is 15.0 Å². The van der Waals surface area contributed by atoms with Gasteiger partial charge in [0.1, 0.15) is 5.82 Å². The molecule has 2 fully saturated rings. The highest BCUT2D eigenvalue weighted by atomic mass is 15.3. The lowest BCUT2D eigenvalue weighted by atomic mass is 10.2. The molecule has 0 radical (unpaired) electrons. The molecule has 0 amide bonds. The number of benzene rings is 1. The summed E-state index contributed by atoms with van der Waals surface area (Å²) < 4.78 is 2.20. The average molecular weight is 446 g/mol. The molecule has 0 bridgehead atoms. The minimum Gasteiger partial charge on any atom is -0.324 e. The van der Waals surface area contributed by atoms with Crippen LogP contribution in [0.3, 0.4) is 0 Å². The maximum atomic E-state index is 4.75. The van der Waals surface area contributed by atoms with Crippen molar-refractivity contribution in [3.63, 3.8) is 0 Å². The van der Waals surface area contributed by atoms with Gasteiger partial charge in [0, 0.05) is 49.6 Å². The number of likely N-dealkylation sites (N-methyl/N-ethyl adjacent to an activating group) is 1. The first-order valence-corrected chi connectivity index (χ1v) is 12.2. The van der Waals surface area contributed by atoms with Crippen LogP contribution < -0.4 is 5.32 Å². The number of hydrogen-bond acceptors (Lipinski definition) is 6. The van der Waals surface area contributed by atoms with Crippen molar-refractivity contribution in [2.45, 2.75) is 64.7 Å². The third-order valence-electron chi connectivity index (χ3n) is 6.98. The Kier molecular flexibility index (Phi) is 6.17. The molecular formula is C26H35N7. The number of aromatic nitrogens is 4. The van der Waals surface area contributed by atoms with Crippen molar-refractivity contribution in [2.24, 2.45) is 0 Å². The minimum absolute atomic E-state index is 0.321. The van der Waals surface area contributed by atoms with E-state index in [0.29, 0.717) is 12.0 Å². The number of likely N-dealkylation sites (tertiary alicyclic amines) is 1. The molecule has 1 atom stereocenters. The van der Waals surface area contributed by atoms with Crippen LogP contribution in [-0.2, 0) is 6.54 Å². The van der Waals surface area contributed by atoms with Gasteiger partial charge < -0.3 is 9.88 Å². The van der Waals surface area contributed by atoms with E-state index in [1.807, 2.05) is 19.2 Å². The fourth-order valence-electron chi connectivity index (χ4n) is 5.01. The molecule has 33 heavy (non-hydrogen) atoms. The van der Waals surface area contributed by atoms with Gasteiger partial charge >= 0.3 is 0 Å². The lowest BCUT2D eigenvalue weighted by Crippen LogP contribution is -2.35. The van der Waals surface area contributed by atoms with Crippen molar-refractivity contribution in [1.29, 1.82) is 0 Å². The zero-order valence-electron chi connectivity index (χ0n) is 20.2. The lowest BCUT2D eigenvalue weighted by molar-refractivity contribution is 0.221. The SMILES string of the molecule is Cc1ncc(-c2ccnc(Nc3ccc(CN4CC[C@H](N(C)C5CC5)C4)cc3)n2)n1C(C)C. The molecule has 174 valence electrons. The Morgan fingerprint density at radius 1 is 1.06 bits per heavy atom. The van der Waals surface area contributed by atoms with Crippen molar-refractivity contribution in [3.8, 4) is 11.4 Å². The second-order valence-corrected chi connectivity index (χ2v) is 9.82. The van der Waals surface area contributed by atoms with E-state index in [4.69, 9.17) is 4.98 Å². The van der Waals surface area contributed by atoms with E-state index in [0.717, 1.165) is 41.5 Å². The van der Waals surface area contributed by atoms with Crippen molar-refractivity contribution in [2.75, 3.05) is 25.5 Å². The highest BCUT2D eigenvalue weighted by Crippen LogP contribution is 2.30. The molecule has 0 spiro atoms. The molecule has 3 heterocycles. The summed E-state index contributed by atoms with van der Waals surface area (Å²) in [6.45, 7) is 9.73. The van der Waals surface area contributed by atoms with Gasteiger partial charge in [-0.15, -0.1) is 0 Å². The van der Waals surface area contributed by atoms with E-state index in [1.165, 1.54) is 37.9 Å². The van der Waals surface area contributed by atoms with E-state index >= 15 is 0 Å². The first-order valence-electron chi connectivity index (χ1n) is 12.2. The van der Waals surface area contributed by atoms with Gasteiger partial charge in [0.2, 0.25) is 5.95 Å². The van der Waals surface area contributed by atoms with E-state index in [2.05, 4.69) is 74.8 Å². The Hall–Kier alpha value is -2.77. The monoisotopic (exact) mass is 445 g/mol. The Bertz CT molecular complexity index is 1080. The highest BCUT2D eigenvalue weighted by Gasteiger charge is 2.34. The molecule has 1 aliphatic heterocycles. The summed E-state index contributed by atoms with van der Waals surface area (Å²) in [6.07, 6.45) is 7.75. The van der Waals surface area contributed by atoms with Crippen LogP contribution in [0.5, 0.6) is 0 Å². The number of anilines is 2. The summed E-state index contributed by atoms with van der Waals surface area (Å²) in [5.74, 6) is 1.59. The van der Waals surface area contributed by atoms with Crippen LogP contribution in [0.15, 0.2) is 42.7 Å². The molecule has 5 rings (SSSR count). The standard InChI is InChI=1S/C26H35N7/c1-18(2)33-19(3)28-15-25(33)24-11-13-27-26(30-24)29-21-7-5-20(6-8-21)16-32-14-12-23(17-32)31(4)22-9-10-22/h5-8,11,13,15,18,22-23H,9-10,12,14,16-17H2,1-4H3,(H,27,29,30)/t23-/m0/s1. The number of nitrogens with one attached hydrogen (secondary N) is 1. The molecule has 2 aromatic heterocycles. The zero-order chi connectivity index (χ0) is 22.9. The van der Waals surface area contributed by atoms with Crippen molar-refractivity contribution in [1.82, 2.24) is 29.3 Å². The Labute approximate surface area is 196 Å². The van der Waals surface area contributed by atoms with E-state index in [9.17, 15) is 0 Å². The molecule has 1 saturated carbocycles. The molecule has 1 aromatic carbocycles. The summed E-state index contributed by atoms with van der Waals surface area (Å²) in [4.78, 5) is 18.8. The van der Waals surface area contributed by atoms with Gasteiger partial charge in [-0.1, -0.05) is 12.1 Å². The predicted octanol–water partition coefficient (Wildman–Crippen LogP) is 4.64. The summed E-state index contributed by atoms with van der Waals surface area (Å²) >= 11 is 0. The fraction of sp³-hybridized carbons (Fsp3) is 0.500. The summed E-state index contributed by atoms with van der Waals surface area (Å²) in [5, 5.41) is 3.36. The number of rotatable bonds is 8. The molecule has 1 N–H and O–H groups in total. The fourth-order valence-corrected chi connectivity index (χ4v) is 5.01. The van der Waals surface area contributed by atoms with Crippen LogP contribution in [0.25, 0.3) is 11.4 Å². The zero-order valence-corrected chi connectivity index (χ0v) is 20.2. The smallest absolute Gasteiger partial charge is 0.227 e. The van der Waals surface area contributed by atoms with Crippen LogP contribution in [0.2, 0.25) is 0 Å².